The molecule has 1 heterocycles. The van der Waals surface area contributed by atoms with Gasteiger partial charge in [0.2, 0.25) is 0 Å². The van der Waals surface area contributed by atoms with Gasteiger partial charge in [0.05, 0.1) is 12.6 Å². The maximum absolute atomic E-state index is 13.3. The summed E-state index contributed by atoms with van der Waals surface area (Å²) in [6.45, 7) is 7.67. The van der Waals surface area contributed by atoms with Gasteiger partial charge in [-0.05, 0) is 36.6 Å². The Hall–Kier alpha value is -4.60. The van der Waals surface area contributed by atoms with Gasteiger partial charge in [-0.2, -0.15) is 4.99 Å². The van der Waals surface area contributed by atoms with Gasteiger partial charge >= 0.3 is 18.1 Å². The molecule has 2 aromatic rings. The predicted octanol–water partition coefficient (Wildman–Crippen LogP) is 5.94. The molecule has 1 saturated heterocycles. The van der Waals surface area contributed by atoms with Crippen LogP contribution in [0.2, 0.25) is 0 Å². The van der Waals surface area contributed by atoms with Gasteiger partial charge in [0.25, 0.3) is 5.91 Å². The first-order valence-electron chi connectivity index (χ1n) is 14.2. The van der Waals surface area contributed by atoms with Crippen LogP contribution >= 0.6 is 0 Å². The van der Waals surface area contributed by atoms with Crippen molar-refractivity contribution in [2.24, 2.45) is 15.9 Å². The first-order chi connectivity index (χ1) is 20.3. The van der Waals surface area contributed by atoms with Crippen molar-refractivity contribution in [2.75, 3.05) is 6.61 Å². The first kappa shape index (κ1) is 31.9. The Bertz CT molecular complexity index is 1270. The predicted molar refractivity (Wildman–Crippen MR) is 160 cm³/mol. The maximum atomic E-state index is 13.3. The Balaban J connectivity index is 1.73. The number of rotatable bonds is 13. The molecule has 0 radical (unpaired) electrons. The van der Waals surface area contributed by atoms with Crippen LogP contribution in [0.3, 0.4) is 0 Å². The zero-order valence-corrected chi connectivity index (χ0v) is 24.1. The summed E-state index contributed by atoms with van der Waals surface area (Å²) in [5, 5.41) is 12.8. The second-order valence-electron chi connectivity index (χ2n) is 9.98. The molecule has 0 aromatic heterocycles. The Morgan fingerprint density at radius 3 is 2.17 bits per heavy atom. The summed E-state index contributed by atoms with van der Waals surface area (Å²) in [6.07, 6.45) is 5.23. The number of β-lactam (4-membered cyclic amide) rings is 1. The number of aliphatic carboxylic acids is 1. The number of imide groups is 1. The van der Waals surface area contributed by atoms with Gasteiger partial charge in [-0.3, -0.25) is 4.79 Å². The Kier molecular flexibility index (Phi) is 12.2. The van der Waals surface area contributed by atoms with Crippen LogP contribution < -0.4 is 5.32 Å². The number of nitrogens with one attached hydrogen (secondary N) is 1. The van der Waals surface area contributed by atoms with Crippen LogP contribution in [0.25, 0.3) is 0 Å². The largest absolute Gasteiger partial charge is 0.479 e. The van der Waals surface area contributed by atoms with Crippen molar-refractivity contribution in [2.45, 2.75) is 64.5 Å². The third-order valence-corrected chi connectivity index (χ3v) is 7.02. The van der Waals surface area contributed by atoms with E-state index in [2.05, 4.69) is 28.9 Å². The number of benzene rings is 2. The number of unbranched alkanes of at least 4 members (excludes halogenated alkanes) is 3. The van der Waals surface area contributed by atoms with E-state index >= 15 is 0 Å². The molecule has 2 aromatic carbocycles. The maximum Gasteiger partial charge on any atom is 0.435 e. The van der Waals surface area contributed by atoms with E-state index < -0.39 is 36.1 Å². The minimum atomic E-state index is -1.45. The normalized spacial score (nSPS) is 16.6. The molecule has 10 heteroatoms. The summed E-state index contributed by atoms with van der Waals surface area (Å²) < 4.78 is 5.14. The number of urea groups is 1. The molecule has 0 saturated carbocycles. The zero-order chi connectivity index (χ0) is 30.5. The van der Waals surface area contributed by atoms with Crippen LogP contribution in [-0.2, 0) is 14.3 Å². The number of hydrogen-bond acceptors (Lipinski definition) is 5. The molecule has 0 aliphatic carbocycles. The fourth-order valence-electron chi connectivity index (χ4n) is 4.69. The molecule has 42 heavy (non-hydrogen) atoms. The third-order valence-electron chi connectivity index (χ3n) is 7.02. The number of carboxylic acid groups (broad SMARTS) is 1. The molecule has 222 valence electrons. The number of ether oxygens (including phenoxy) is 1. The number of likely N-dealkylation sites (tertiary alicyclic amines) is 1. The van der Waals surface area contributed by atoms with Crippen molar-refractivity contribution in [3.05, 3.63) is 83.4 Å². The summed E-state index contributed by atoms with van der Waals surface area (Å²) in [5.74, 6) is -2.28. The molecule has 0 spiro atoms. The molecule has 1 aliphatic rings. The van der Waals surface area contributed by atoms with Gasteiger partial charge < -0.3 is 15.2 Å². The number of hydrogen-bond donors (Lipinski definition) is 2. The SMILES string of the molecule is C=NC(CC(/C=C1\C(=O)N(C(=O)NC(c2ccccc2)c2ccccc2)C1C(=O)O)CC)=NC(=O)OCCCCCC. The van der Waals surface area contributed by atoms with Crippen molar-refractivity contribution < 1.29 is 29.0 Å². The molecular formula is C32H38N4O6. The van der Waals surface area contributed by atoms with Crippen molar-refractivity contribution in [1.29, 1.82) is 0 Å². The average molecular weight is 575 g/mol. The molecule has 4 amide bonds. The second kappa shape index (κ2) is 16.0. The lowest BCUT2D eigenvalue weighted by molar-refractivity contribution is -0.151. The molecule has 2 unspecified atom stereocenters. The standard InChI is InChI=1S/C32H38N4O6/c1-4-6-7-14-19-42-32(41)34-26(33-3)21-22(5-2)20-25-28(30(38)39)36(29(25)37)31(40)35-27(23-15-10-8-11-16-23)24-17-12-9-13-18-24/h8-13,15-18,20,22,27-28H,3-7,14,19,21H2,1-2H3,(H,35,40)(H,38,39)/b25-20-,34-26?. The second-order valence-corrected chi connectivity index (χ2v) is 9.98. The number of amidine groups is 1. The van der Waals surface area contributed by atoms with E-state index in [9.17, 15) is 24.3 Å². The lowest BCUT2D eigenvalue weighted by Crippen LogP contribution is -2.64. The molecule has 0 bridgehead atoms. The van der Waals surface area contributed by atoms with Crippen LogP contribution in [0.1, 0.15) is 69.5 Å². The number of carbonyl (C=O) groups excluding carboxylic acids is 3. The van der Waals surface area contributed by atoms with E-state index in [0.29, 0.717) is 6.42 Å². The molecule has 1 fully saturated rings. The number of allylic oxidation sites excluding steroid dienone is 1. The molecule has 2 N–H and O–H groups in total. The van der Waals surface area contributed by atoms with Gasteiger partial charge in [-0.15, -0.1) is 0 Å². The Morgan fingerprint density at radius 2 is 1.64 bits per heavy atom. The average Bonchev–Trinajstić information content (AvgIpc) is 3.00. The highest BCUT2D eigenvalue weighted by Gasteiger charge is 2.51. The van der Waals surface area contributed by atoms with Gasteiger partial charge in [0.15, 0.2) is 6.04 Å². The minimum absolute atomic E-state index is 0.0117. The number of carbonyl (C=O) groups is 4. The van der Waals surface area contributed by atoms with Crippen LogP contribution in [-0.4, -0.2) is 59.2 Å². The fourth-order valence-corrected chi connectivity index (χ4v) is 4.69. The Morgan fingerprint density at radius 1 is 1.02 bits per heavy atom. The fraction of sp³-hybridized carbons (Fsp3) is 0.375. The molecule has 1 aliphatic heterocycles. The van der Waals surface area contributed by atoms with E-state index in [1.165, 1.54) is 6.08 Å². The summed E-state index contributed by atoms with van der Waals surface area (Å²) in [4.78, 5) is 59.2. The number of carboxylic acids is 1. The highest BCUT2D eigenvalue weighted by molar-refractivity contribution is 6.17. The van der Waals surface area contributed by atoms with Gasteiger partial charge in [-0.25, -0.2) is 24.3 Å². The number of aliphatic imine (C=N–C) groups is 2. The van der Waals surface area contributed by atoms with Crippen molar-refractivity contribution >= 4 is 36.6 Å². The highest BCUT2D eigenvalue weighted by Crippen LogP contribution is 2.31. The van der Waals surface area contributed by atoms with E-state index in [0.717, 1.165) is 41.7 Å². The van der Waals surface area contributed by atoms with Gasteiger partial charge in [0.1, 0.15) is 5.84 Å². The smallest absolute Gasteiger partial charge is 0.435 e. The lowest BCUT2D eigenvalue weighted by atomic mass is 9.88. The van der Waals surface area contributed by atoms with E-state index in [1.807, 2.05) is 67.6 Å². The van der Waals surface area contributed by atoms with Crippen LogP contribution in [0.5, 0.6) is 0 Å². The molecular weight excluding hydrogens is 536 g/mol. The first-order valence-corrected chi connectivity index (χ1v) is 14.2. The minimum Gasteiger partial charge on any atom is -0.479 e. The van der Waals surface area contributed by atoms with Crippen molar-refractivity contribution in [3.8, 4) is 0 Å². The van der Waals surface area contributed by atoms with Crippen LogP contribution in [0, 0.1) is 5.92 Å². The summed E-state index contributed by atoms with van der Waals surface area (Å²) >= 11 is 0. The summed E-state index contributed by atoms with van der Waals surface area (Å²) in [7, 11) is 0. The van der Waals surface area contributed by atoms with E-state index in [1.54, 1.807) is 0 Å². The third kappa shape index (κ3) is 8.45. The van der Waals surface area contributed by atoms with Crippen molar-refractivity contribution in [1.82, 2.24) is 10.2 Å². The lowest BCUT2D eigenvalue weighted by Gasteiger charge is -2.39. The quantitative estimate of drug-likeness (QED) is 0.0998. The summed E-state index contributed by atoms with van der Waals surface area (Å²) in [5.41, 5.74) is 1.55. The van der Waals surface area contributed by atoms with Gasteiger partial charge in [0, 0.05) is 12.0 Å². The number of nitrogens with zero attached hydrogens (tertiary/aromatic N) is 3. The van der Waals surface area contributed by atoms with Crippen LogP contribution in [0.15, 0.2) is 82.3 Å². The number of amides is 4. The topological polar surface area (TPSA) is 138 Å². The monoisotopic (exact) mass is 574 g/mol. The van der Waals surface area contributed by atoms with E-state index in [-0.39, 0.29) is 30.4 Å². The summed E-state index contributed by atoms with van der Waals surface area (Å²) in [6, 6.07) is 15.6. The van der Waals surface area contributed by atoms with Crippen LogP contribution in [0.4, 0.5) is 9.59 Å². The molecule has 2 atom stereocenters. The van der Waals surface area contributed by atoms with Gasteiger partial charge in [-0.1, -0.05) is 99.8 Å². The zero-order valence-electron chi connectivity index (χ0n) is 24.1. The Labute approximate surface area is 246 Å². The van der Waals surface area contributed by atoms with Crippen molar-refractivity contribution in [3.63, 3.8) is 0 Å². The highest BCUT2D eigenvalue weighted by atomic mass is 16.5. The molecule has 3 rings (SSSR count). The molecule has 10 nitrogen and oxygen atoms in total. The van der Waals surface area contributed by atoms with E-state index in [4.69, 9.17) is 4.74 Å².